The Balaban J connectivity index is 1.32. The van der Waals surface area contributed by atoms with Crippen LogP contribution >= 0.6 is 0 Å². The standard InChI is InChI=1S/C23H28O11/c1-20-9-22(29)13-7-23(20,32-18-16(27)15(26)14(25)12(8-24)31-18)21(13,19(33-20)34-22)10-30-17(28)11-5-3-2-4-6-11/h2-6,12-16,18-19,24-27,29H,7-10H2,1H3/t12-,13-,14-,15+,16-,18+,19+,20+,21?,22+,23+/m1/s1. The maximum Gasteiger partial charge on any atom is 0.338 e. The molecule has 34 heavy (non-hydrogen) atoms. The molecule has 7 aliphatic rings. The number of hydrogen-bond acceptors (Lipinski definition) is 11. The quantitative estimate of drug-likeness (QED) is 0.306. The molecule has 0 spiro atoms. The highest BCUT2D eigenvalue weighted by atomic mass is 16.8. The first-order valence-electron chi connectivity index (χ1n) is 11.4. The maximum atomic E-state index is 12.7. The van der Waals surface area contributed by atoms with E-state index in [1.54, 1.807) is 37.3 Å². The van der Waals surface area contributed by atoms with Gasteiger partial charge in [-0.1, -0.05) is 18.2 Å². The van der Waals surface area contributed by atoms with E-state index in [2.05, 4.69) is 0 Å². The van der Waals surface area contributed by atoms with Crippen LogP contribution in [0.15, 0.2) is 30.3 Å². The fraction of sp³-hybridized carbons (Fsp3) is 0.696. The zero-order valence-corrected chi connectivity index (χ0v) is 18.4. The largest absolute Gasteiger partial charge is 0.461 e. The number of ether oxygens (including phenoxy) is 5. The first-order chi connectivity index (χ1) is 16.1. The summed E-state index contributed by atoms with van der Waals surface area (Å²) >= 11 is 0. The molecule has 4 aliphatic heterocycles. The molecule has 1 aromatic rings. The summed E-state index contributed by atoms with van der Waals surface area (Å²) in [5.41, 5.74) is -2.99. The highest BCUT2D eigenvalue weighted by molar-refractivity contribution is 5.89. The van der Waals surface area contributed by atoms with Crippen LogP contribution < -0.4 is 0 Å². The number of esters is 1. The molecular weight excluding hydrogens is 452 g/mol. The van der Waals surface area contributed by atoms with Gasteiger partial charge in [0, 0.05) is 12.3 Å². The number of hydrogen-bond donors (Lipinski definition) is 5. The van der Waals surface area contributed by atoms with Crippen LogP contribution in [0.2, 0.25) is 0 Å². The average molecular weight is 480 g/mol. The summed E-state index contributed by atoms with van der Waals surface area (Å²) in [5, 5.41) is 51.7. The van der Waals surface area contributed by atoms with E-state index in [1.165, 1.54) is 0 Å². The molecule has 3 aliphatic carbocycles. The molecule has 0 amide bonds. The van der Waals surface area contributed by atoms with Crippen LogP contribution in [0.5, 0.6) is 0 Å². The molecule has 11 atom stereocenters. The molecule has 1 aromatic carbocycles. The van der Waals surface area contributed by atoms with Gasteiger partial charge in [0.05, 0.1) is 17.6 Å². The monoisotopic (exact) mass is 480 g/mol. The summed E-state index contributed by atoms with van der Waals surface area (Å²) in [4.78, 5) is 12.7. The number of carbonyl (C=O) groups is 1. The third kappa shape index (κ3) is 2.59. The minimum Gasteiger partial charge on any atom is -0.461 e. The molecule has 0 aromatic heterocycles. The summed E-state index contributed by atoms with van der Waals surface area (Å²) in [6.45, 7) is 0.985. The summed E-state index contributed by atoms with van der Waals surface area (Å²) < 4.78 is 29.7. The van der Waals surface area contributed by atoms with E-state index >= 15 is 0 Å². The third-order valence-electron chi connectivity index (χ3n) is 8.57. The van der Waals surface area contributed by atoms with Crippen molar-refractivity contribution >= 4 is 5.97 Å². The summed E-state index contributed by atoms with van der Waals surface area (Å²) in [5.74, 6) is -2.49. The predicted octanol–water partition coefficient (Wildman–Crippen LogP) is -1.36. The van der Waals surface area contributed by atoms with Gasteiger partial charge in [-0.2, -0.15) is 0 Å². The highest BCUT2D eigenvalue weighted by Crippen LogP contribution is 2.81. The van der Waals surface area contributed by atoms with E-state index in [0.717, 1.165) is 0 Å². The van der Waals surface area contributed by atoms with Crippen LogP contribution in [-0.4, -0.2) is 98.7 Å². The highest BCUT2D eigenvalue weighted by Gasteiger charge is 2.94. The molecule has 1 unspecified atom stereocenters. The molecule has 8 rings (SSSR count). The van der Waals surface area contributed by atoms with Gasteiger partial charge in [-0.05, 0) is 25.5 Å². The molecular formula is C23H28O11. The van der Waals surface area contributed by atoms with Crippen molar-refractivity contribution in [2.45, 2.75) is 73.8 Å². The van der Waals surface area contributed by atoms with Gasteiger partial charge in [0.25, 0.3) is 0 Å². The number of aliphatic hydroxyl groups is 5. The third-order valence-corrected chi connectivity index (χ3v) is 8.57. The van der Waals surface area contributed by atoms with Gasteiger partial charge in [0.2, 0.25) is 0 Å². The van der Waals surface area contributed by atoms with Crippen molar-refractivity contribution in [1.82, 2.24) is 0 Å². The Morgan fingerprint density at radius 2 is 1.85 bits per heavy atom. The van der Waals surface area contributed by atoms with Crippen molar-refractivity contribution in [3.63, 3.8) is 0 Å². The van der Waals surface area contributed by atoms with Gasteiger partial charge in [-0.3, -0.25) is 0 Å². The Morgan fingerprint density at radius 3 is 2.56 bits per heavy atom. The van der Waals surface area contributed by atoms with Gasteiger partial charge >= 0.3 is 5.97 Å². The molecule has 7 fully saturated rings. The minimum absolute atomic E-state index is 0.0902. The lowest BCUT2D eigenvalue weighted by Gasteiger charge is -2.67. The molecule has 4 saturated heterocycles. The molecule has 0 radical (unpaired) electrons. The van der Waals surface area contributed by atoms with E-state index in [0.29, 0.717) is 5.56 Å². The van der Waals surface area contributed by atoms with Crippen LogP contribution in [-0.2, 0) is 23.7 Å². The second kappa shape index (κ2) is 7.19. The SMILES string of the molecule is C[C@@]12C[C@]3(O)O[C@H](O1)C1(COC(=O)c4ccccc4)[C@H]3C[C@@]12O[C@@H]1O[C@H](CO)[C@@H](O)[C@H](O)[C@H]1O. The zero-order valence-electron chi connectivity index (χ0n) is 18.4. The summed E-state index contributed by atoms with van der Waals surface area (Å²) in [6.07, 6.45) is -7.87. The van der Waals surface area contributed by atoms with Crippen molar-refractivity contribution < 1.29 is 54.0 Å². The van der Waals surface area contributed by atoms with E-state index in [-0.39, 0.29) is 19.4 Å². The van der Waals surface area contributed by atoms with Gasteiger partial charge in [-0.25, -0.2) is 4.79 Å². The molecule has 11 heteroatoms. The lowest BCUT2D eigenvalue weighted by molar-refractivity contribution is -0.424. The minimum atomic E-state index is -1.61. The average Bonchev–Trinajstić information content (AvgIpc) is 3.00. The van der Waals surface area contributed by atoms with Crippen LogP contribution in [0.3, 0.4) is 0 Å². The summed E-state index contributed by atoms with van der Waals surface area (Å²) in [7, 11) is 0. The van der Waals surface area contributed by atoms with Crippen molar-refractivity contribution in [1.29, 1.82) is 0 Å². The Morgan fingerprint density at radius 1 is 1.12 bits per heavy atom. The Hall–Kier alpha value is -1.67. The number of carbonyl (C=O) groups excluding carboxylic acids is 1. The van der Waals surface area contributed by atoms with Crippen molar-refractivity contribution in [3.8, 4) is 0 Å². The lowest BCUT2D eigenvalue weighted by atomic mass is 9.41. The predicted molar refractivity (Wildman–Crippen MR) is 109 cm³/mol. The smallest absolute Gasteiger partial charge is 0.338 e. The second-order valence-corrected chi connectivity index (χ2v) is 10.2. The normalized spacial score (nSPS) is 52.5. The molecule has 186 valence electrons. The maximum absolute atomic E-state index is 12.7. The number of rotatable bonds is 6. The zero-order chi connectivity index (χ0) is 24.1. The second-order valence-electron chi connectivity index (χ2n) is 10.2. The Labute approximate surface area is 194 Å². The van der Waals surface area contributed by atoms with Gasteiger partial charge in [-0.15, -0.1) is 0 Å². The molecule has 11 nitrogen and oxygen atoms in total. The van der Waals surface area contributed by atoms with Crippen molar-refractivity contribution in [2.24, 2.45) is 11.3 Å². The fourth-order valence-corrected chi connectivity index (χ4v) is 6.87. The number of aliphatic hydroxyl groups excluding tert-OH is 4. The Kier molecular flexibility index (Phi) is 4.81. The van der Waals surface area contributed by atoms with E-state index < -0.39 is 77.9 Å². The van der Waals surface area contributed by atoms with Crippen molar-refractivity contribution in [2.75, 3.05) is 13.2 Å². The van der Waals surface area contributed by atoms with Crippen molar-refractivity contribution in [3.05, 3.63) is 35.9 Å². The van der Waals surface area contributed by atoms with E-state index in [1.807, 2.05) is 0 Å². The first kappa shape index (κ1) is 22.8. The van der Waals surface area contributed by atoms with Gasteiger partial charge in [0.1, 0.15) is 42.2 Å². The van der Waals surface area contributed by atoms with E-state index in [4.69, 9.17) is 23.7 Å². The van der Waals surface area contributed by atoms with Gasteiger partial charge < -0.3 is 49.2 Å². The van der Waals surface area contributed by atoms with Gasteiger partial charge in [0.15, 0.2) is 18.4 Å². The van der Waals surface area contributed by atoms with Crippen LogP contribution in [0.25, 0.3) is 0 Å². The molecule has 5 N–H and O–H groups in total. The molecule has 4 heterocycles. The molecule has 6 bridgehead atoms. The Bertz CT molecular complexity index is 988. The van der Waals surface area contributed by atoms with Crippen LogP contribution in [0.1, 0.15) is 30.1 Å². The lowest BCUT2D eigenvalue weighted by Crippen LogP contribution is -2.80. The van der Waals surface area contributed by atoms with Crippen LogP contribution in [0, 0.1) is 11.3 Å². The van der Waals surface area contributed by atoms with Crippen LogP contribution in [0.4, 0.5) is 0 Å². The fourth-order valence-electron chi connectivity index (χ4n) is 6.87. The topological polar surface area (TPSA) is 164 Å². The molecule has 3 saturated carbocycles. The number of benzene rings is 1. The first-order valence-corrected chi connectivity index (χ1v) is 11.4. The summed E-state index contributed by atoms with van der Waals surface area (Å²) in [6, 6.07) is 8.47. The van der Waals surface area contributed by atoms with E-state index in [9.17, 15) is 30.3 Å².